The summed E-state index contributed by atoms with van der Waals surface area (Å²) in [6.45, 7) is 6.88. The van der Waals surface area contributed by atoms with Crippen molar-refractivity contribution in [3.05, 3.63) is 59.2 Å². The third-order valence-corrected chi connectivity index (χ3v) is 7.50. The number of rotatable bonds is 10. The average molecular weight is 497 g/mol. The van der Waals surface area contributed by atoms with Gasteiger partial charge < -0.3 is 19.6 Å². The molecule has 2 aromatic rings. The van der Waals surface area contributed by atoms with Crippen molar-refractivity contribution in [2.24, 2.45) is 11.1 Å². The Balaban J connectivity index is 1.27. The van der Waals surface area contributed by atoms with Gasteiger partial charge in [0, 0.05) is 49.3 Å². The van der Waals surface area contributed by atoms with Crippen LogP contribution in [0.3, 0.4) is 0 Å². The number of carbonyl (C=O) groups is 2. The van der Waals surface area contributed by atoms with Gasteiger partial charge in [0.15, 0.2) is 5.78 Å². The first-order chi connectivity index (χ1) is 17.5. The molecule has 1 amide bonds. The Morgan fingerprint density at radius 1 is 1.03 bits per heavy atom. The number of carbonyl (C=O) groups excluding carboxylic acids is 2. The molecule has 1 aromatic carbocycles. The van der Waals surface area contributed by atoms with Crippen LogP contribution in [0.25, 0.3) is 0 Å². The van der Waals surface area contributed by atoms with Gasteiger partial charge in [-0.2, -0.15) is 0 Å². The molecule has 4 rings (SSSR count). The van der Waals surface area contributed by atoms with Crippen molar-refractivity contribution in [1.29, 1.82) is 0 Å². The molecule has 0 spiro atoms. The Hall–Kier alpha value is -3.00. The van der Waals surface area contributed by atoms with Crippen molar-refractivity contribution >= 4 is 17.4 Å². The van der Waals surface area contributed by atoms with E-state index in [2.05, 4.69) is 17.0 Å². The summed E-state index contributed by atoms with van der Waals surface area (Å²) in [6.07, 6.45) is 8.06. The van der Waals surface area contributed by atoms with E-state index >= 15 is 0 Å². The topological polar surface area (TPSA) is 78.1 Å². The van der Waals surface area contributed by atoms with Crippen LogP contribution in [0.2, 0.25) is 0 Å². The van der Waals surface area contributed by atoms with Crippen molar-refractivity contribution in [1.82, 2.24) is 14.4 Å². The van der Waals surface area contributed by atoms with Crippen LogP contribution >= 0.6 is 0 Å². The van der Waals surface area contributed by atoms with Crippen molar-refractivity contribution < 1.29 is 19.2 Å². The molecule has 2 aliphatic heterocycles. The monoisotopic (exact) mass is 496 g/mol. The zero-order valence-corrected chi connectivity index (χ0v) is 21.2. The molecule has 36 heavy (non-hydrogen) atoms. The number of aromatic nitrogens is 1. The first kappa shape index (κ1) is 26.1. The number of nitrogens with zero attached hydrogens (tertiary/aromatic N) is 4. The fourth-order valence-corrected chi connectivity index (χ4v) is 5.31. The highest BCUT2D eigenvalue weighted by molar-refractivity contribution is 6.11. The molecule has 2 aliphatic rings. The van der Waals surface area contributed by atoms with Gasteiger partial charge in [-0.05, 0) is 82.1 Å². The number of unbranched alkanes of at least 4 members (excludes halogenated alkanes) is 2. The molecular formula is C28H37FN4O3. The lowest BCUT2D eigenvalue weighted by Crippen LogP contribution is -2.37. The zero-order chi connectivity index (χ0) is 25.5. The quantitative estimate of drug-likeness (QED) is 0.221. The molecule has 1 N–H and O–H groups in total. The van der Waals surface area contributed by atoms with E-state index in [4.69, 9.17) is 0 Å². The molecule has 7 nitrogen and oxygen atoms in total. The van der Waals surface area contributed by atoms with Gasteiger partial charge in [-0.1, -0.05) is 18.5 Å². The van der Waals surface area contributed by atoms with Crippen LogP contribution in [-0.4, -0.2) is 69.7 Å². The summed E-state index contributed by atoms with van der Waals surface area (Å²) in [7, 11) is 0. The number of oxime groups is 1. The highest BCUT2D eigenvalue weighted by atomic mass is 19.1. The largest absolute Gasteiger partial charge is 0.411 e. The lowest BCUT2D eigenvalue weighted by atomic mass is 9.89. The van der Waals surface area contributed by atoms with Crippen LogP contribution < -0.4 is 0 Å². The fourth-order valence-electron chi connectivity index (χ4n) is 5.31. The molecule has 0 radical (unpaired) electrons. The van der Waals surface area contributed by atoms with Gasteiger partial charge in [0.2, 0.25) is 0 Å². The molecule has 194 valence electrons. The van der Waals surface area contributed by atoms with E-state index < -0.39 is 0 Å². The van der Waals surface area contributed by atoms with Crippen molar-refractivity contribution in [3.8, 4) is 0 Å². The minimum Gasteiger partial charge on any atom is -0.411 e. The van der Waals surface area contributed by atoms with Gasteiger partial charge in [-0.3, -0.25) is 9.59 Å². The number of halogens is 1. The third kappa shape index (κ3) is 6.03. The number of piperidine rings is 1. The van der Waals surface area contributed by atoms with E-state index in [-0.39, 0.29) is 23.4 Å². The number of likely N-dealkylation sites (tertiary alicyclic amines) is 1. The van der Waals surface area contributed by atoms with Crippen molar-refractivity contribution in [2.45, 2.75) is 58.4 Å². The summed E-state index contributed by atoms with van der Waals surface area (Å²) in [4.78, 5) is 30.3. The van der Waals surface area contributed by atoms with E-state index in [1.807, 2.05) is 21.7 Å². The Kier molecular flexibility index (Phi) is 8.91. The second-order valence-electron chi connectivity index (χ2n) is 9.91. The molecule has 3 heterocycles. The van der Waals surface area contributed by atoms with Crippen LogP contribution in [-0.2, 0) is 6.54 Å². The maximum Gasteiger partial charge on any atom is 0.271 e. The lowest BCUT2D eigenvalue weighted by molar-refractivity contribution is 0.0749. The van der Waals surface area contributed by atoms with Crippen LogP contribution in [0.4, 0.5) is 4.39 Å². The highest BCUT2D eigenvalue weighted by Crippen LogP contribution is 2.24. The second-order valence-corrected chi connectivity index (χ2v) is 9.91. The predicted octanol–water partition coefficient (Wildman–Crippen LogP) is 4.83. The number of hydrogen-bond donors (Lipinski definition) is 1. The standard InChI is InChI=1S/C28H37FN4O3/c1-2-3-15-33-20-13-25(30-36)24-12-19-32(26(24)28(33)35)16-5-4-14-31-17-10-22(11-18-31)27(34)21-6-8-23(29)9-7-21/h6-9,12,19,22,36H,2-5,10-11,13-18,20H2,1H3/b30-25+. The minimum absolute atomic E-state index is 0.00564. The Morgan fingerprint density at radius 2 is 1.75 bits per heavy atom. The molecule has 0 aliphatic carbocycles. The third-order valence-electron chi connectivity index (χ3n) is 7.50. The molecule has 0 bridgehead atoms. The summed E-state index contributed by atoms with van der Waals surface area (Å²) >= 11 is 0. The molecule has 0 atom stereocenters. The normalized spacial score (nSPS) is 18.4. The van der Waals surface area contributed by atoms with Crippen molar-refractivity contribution in [2.75, 3.05) is 32.7 Å². The number of ketones is 1. The minimum atomic E-state index is -0.322. The molecule has 1 aromatic heterocycles. The lowest BCUT2D eigenvalue weighted by Gasteiger charge is -2.31. The van der Waals surface area contributed by atoms with E-state index in [9.17, 15) is 19.2 Å². The average Bonchev–Trinajstić information content (AvgIpc) is 3.26. The molecule has 0 unspecified atom stereocenters. The van der Waals surface area contributed by atoms with E-state index in [1.54, 1.807) is 12.1 Å². The Morgan fingerprint density at radius 3 is 2.44 bits per heavy atom. The van der Waals surface area contributed by atoms with Gasteiger partial charge in [0.05, 0.1) is 5.71 Å². The number of fused-ring (bicyclic) bond motifs is 1. The first-order valence-corrected chi connectivity index (χ1v) is 13.2. The predicted molar refractivity (Wildman–Crippen MR) is 137 cm³/mol. The number of hydrogen-bond acceptors (Lipinski definition) is 5. The summed E-state index contributed by atoms with van der Waals surface area (Å²) in [5.74, 6) is -0.176. The zero-order valence-electron chi connectivity index (χ0n) is 21.2. The molecular weight excluding hydrogens is 459 g/mol. The van der Waals surface area contributed by atoms with Crippen LogP contribution in [0, 0.1) is 11.7 Å². The summed E-state index contributed by atoms with van der Waals surface area (Å²) in [5, 5.41) is 13.0. The summed E-state index contributed by atoms with van der Waals surface area (Å²) in [5.41, 5.74) is 2.55. The summed E-state index contributed by atoms with van der Waals surface area (Å²) < 4.78 is 15.2. The number of amides is 1. The molecule has 1 saturated heterocycles. The van der Waals surface area contributed by atoms with Crippen LogP contribution in [0.1, 0.15) is 78.3 Å². The second kappa shape index (κ2) is 12.3. The van der Waals surface area contributed by atoms with E-state index in [1.165, 1.54) is 12.1 Å². The molecule has 0 saturated carbocycles. The molecule has 1 fully saturated rings. The molecule has 8 heteroatoms. The summed E-state index contributed by atoms with van der Waals surface area (Å²) in [6, 6.07) is 7.75. The van der Waals surface area contributed by atoms with Crippen LogP contribution in [0.15, 0.2) is 41.7 Å². The smallest absolute Gasteiger partial charge is 0.271 e. The van der Waals surface area contributed by atoms with Crippen molar-refractivity contribution in [3.63, 3.8) is 0 Å². The Labute approximate surface area is 212 Å². The van der Waals surface area contributed by atoms with Crippen LogP contribution in [0.5, 0.6) is 0 Å². The maximum atomic E-state index is 13.3. The first-order valence-electron chi connectivity index (χ1n) is 13.2. The van der Waals surface area contributed by atoms with Gasteiger partial charge in [-0.15, -0.1) is 0 Å². The SMILES string of the molecule is CCCCN1CC/C(=N\O)c2ccn(CCCCN3CCC(C(=O)c4ccc(F)cc4)CC3)c2C1=O. The van der Waals surface area contributed by atoms with E-state index in [0.717, 1.165) is 76.8 Å². The number of aryl methyl sites for hydroxylation is 1. The van der Waals surface area contributed by atoms with Gasteiger partial charge in [0.1, 0.15) is 11.5 Å². The Bertz CT molecular complexity index is 1070. The number of benzene rings is 1. The van der Waals surface area contributed by atoms with Gasteiger partial charge in [0.25, 0.3) is 5.91 Å². The van der Waals surface area contributed by atoms with Gasteiger partial charge >= 0.3 is 0 Å². The fraction of sp³-hybridized carbons (Fsp3) is 0.536. The highest BCUT2D eigenvalue weighted by Gasteiger charge is 2.29. The van der Waals surface area contributed by atoms with E-state index in [0.29, 0.717) is 29.9 Å². The van der Waals surface area contributed by atoms with Gasteiger partial charge in [-0.25, -0.2) is 4.39 Å². The maximum absolute atomic E-state index is 13.3. The number of Topliss-reactive ketones (excluding diaryl/α,β-unsaturated/α-hetero) is 1.